The van der Waals surface area contributed by atoms with Gasteiger partial charge in [-0.1, -0.05) is 24.3 Å². The number of hydrogen-bond acceptors (Lipinski definition) is 8. The van der Waals surface area contributed by atoms with E-state index in [1.807, 2.05) is 0 Å². The number of esters is 2. The fraction of sp³-hybridized carbons (Fsp3) is 0.259. The van der Waals surface area contributed by atoms with Crippen molar-refractivity contribution < 1.29 is 33.6 Å². The van der Waals surface area contributed by atoms with Crippen LogP contribution in [0.4, 0.5) is 0 Å². The van der Waals surface area contributed by atoms with Gasteiger partial charge in [0.2, 0.25) is 0 Å². The Morgan fingerprint density at radius 1 is 0.914 bits per heavy atom. The van der Waals surface area contributed by atoms with Gasteiger partial charge in [-0.25, -0.2) is 9.59 Å². The molecule has 0 amide bonds. The average molecular weight is 480 g/mol. The lowest BCUT2D eigenvalue weighted by Crippen LogP contribution is -2.32. The molecule has 0 saturated carbocycles. The Balaban J connectivity index is 1.94. The Labute approximate surface area is 204 Å². The van der Waals surface area contributed by atoms with Gasteiger partial charge < -0.3 is 29.4 Å². The highest BCUT2D eigenvalue weighted by molar-refractivity contribution is 6.00. The van der Waals surface area contributed by atoms with Crippen LogP contribution in [-0.4, -0.2) is 45.0 Å². The van der Waals surface area contributed by atoms with Crippen molar-refractivity contribution in [3.05, 3.63) is 82.2 Å². The molecule has 1 heterocycles. The SMILES string of the molecule is COC(=O)C1=C(C)NC(C)=C(C(=O)OCC=Cc2ccc(O)cc2)C1c1ccc(OC)c(OC)c1. The lowest BCUT2D eigenvalue weighted by molar-refractivity contribution is -0.138. The molecule has 184 valence electrons. The number of benzene rings is 2. The van der Waals surface area contributed by atoms with Gasteiger partial charge in [-0.05, 0) is 55.3 Å². The fourth-order valence-electron chi connectivity index (χ4n) is 3.98. The third kappa shape index (κ3) is 5.66. The number of methoxy groups -OCH3 is 3. The van der Waals surface area contributed by atoms with Gasteiger partial charge in [-0.3, -0.25) is 0 Å². The van der Waals surface area contributed by atoms with Crippen LogP contribution in [0.1, 0.15) is 30.9 Å². The first kappa shape index (κ1) is 25.4. The molecular formula is C27H29NO7. The summed E-state index contributed by atoms with van der Waals surface area (Å²) in [5.41, 5.74) is 3.25. The monoisotopic (exact) mass is 479 g/mol. The van der Waals surface area contributed by atoms with Gasteiger partial charge >= 0.3 is 11.9 Å². The second-order valence-electron chi connectivity index (χ2n) is 7.83. The standard InChI is InChI=1S/C27H29NO7/c1-16-23(26(30)34-5)25(19-10-13-21(32-3)22(15-19)33-4)24(17(2)28-16)27(31)35-14-6-7-18-8-11-20(29)12-9-18/h6-13,15,25,28-29H,14H2,1-5H3. The molecular weight excluding hydrogens is 450 g/mol. The van der Waals surface area contributed by atoms with Crippen LogP contribution in [0.25, 0.3) is 6.08 Å². The van der Waals surface area contributed by atoms with E-state index in [1.54, 1.807) is 68.5 Å². The minimum absolute atomic E-state index is 0.0192. The van der Waals surface area contributed by atoms with E-state index < -0.39 is 17.9 Å². The Kier molecular flexibility index (Phi) is 8.20. The van der Waals surface area contributed by atoms with Gasteiger partial charge in [0.05, 0.1) is 38.4 Å². The fourth-order valence-corrected chi connectivity index (χ4v) is 3.98. The molecule has 0 aliphatic carbocycles. The highest BCUT2D eigenvalue weighted by Crippen LogP contribution is 2.41. The molecule has 0 saturated heterocycles. The van der Waals surface area contributed by atoms with Gasteiger partial charge in [0.15, 0.2) is 11.5 Å². The maximum absolute atomic E-state index is 13.3. The van der Waals surface area contributed by atoms with Crippen LogP contribution >= 0.6 is 0 Å². The Hall–Kier alpha value is -4.20. The molecule has 0 aromatic heterocycles. The molecule has 1 atom stereocenters. The topological polar surface area (TPSA) is 103 Å². The molecule has 1 unspecified atom stereocenters. The normalized spacial score (nSPS) is 15.6. The van der Waals surface area contributed by atoms with E-state index in [4.69, 9.17) is 18.9 Å². The predicted molar refractivity (Wildman–Crippen MR) is 131 cm³/mol. The zero-order valence-electron chi connectivity index (χ0n) is 20.4. The number of allylic oxidation sites excluding steroid dienone is 2. The van der Waals surface area contributed by atoms with Crippen molar-refractivity contribution in [2.75, 3.05) is 27.9 Å². The number of dihydropyridines is 1. The highest BCUT2D eigenvalue weighted by Gasteiger charge is 2.38. The molecule has 0 fully saturated rings. The Morgan fingerprint density at radius 2 is 1.54 bits per heavy atom. The van der Waals surface area contributed by atoms with Gasteiger partial charge in [-0.2, -0.15) is 0 Å². The number of aromatic hydroxyl groups is 1. The van der Waals surface area contributed by atoms with Gasteiger partial charge in [-0.15, -0.1) is 0 Å². The summed E-state index contributed by atoms with van der Waals surface area (Å²) in [4.78, 5) is 26.0. The summed E-state index contributed by atoms with van der Waals surface area (Å²) in [6.45, 7) is 3.53. The number of phenolic OH excluding ortho intramolecular Hbond substituents is 1. The second kappa shape index (κ2) is 11.3. The van der Waals surface area contributed by atoms with Gasteiger partial charge in [0.1, 0.15) is 12.4 Å². The first-order valence-corrected chi connectivity index (χ1v) is 10.9. The quantitative estimate of drug-likeness (QED) is 0.546. The molecule has 0 bridgehead atoms. The summed E-state index contributed by atoms with van der Waals surface area (Å²) < 4.78 is 21.4. The number of rotatable bonds is 8. The van der Waals surface area contributed by atoms with Crippen LogP contribution in [0.2, 0.25) is 0 Å². The molecule has 1 aliphatic heterocycles. The van der Waals surface area contributed by atoms with Crippen molar-refractivity contribution in [2.45, 2.75) is 19.8 Å². The molecule has 8 heteroatoms. The van der Waals surface area contributed by atoms with Crippen molar-refractivity contribution in [2.24, 2.45) is 0 Å². The van der Waals surface area contributed by atoms with Crippen LogP contribution in [-0.2, 0) is 19.1 Å². The van der Waals surface area contributed by atoms with Crippen LogP contribution in [0.5, 0.6) is 17.2 Å². The molecule has 0 spiro atoms. The molecule has 8 nitrogen and oxygen atoms in total. The lowest BCUT2D eigenvalue weighted by Gasteiger charge is -2.30. The van der Waals surface area contributed by atoms with E-state index in [1.165, 1.54) is 21.3 Å². The third-order valence-electron chi connectivity index (χ3n) is 5.64. The van der Waals surface area contributed by atoms with Gasteiger partial charge in [0, 0.05) is 11.4 Å². The Morgan fingerprint density at radius 3 is 2.14 bits per heavy atom. The summed E-state index contributed by atoms with van der Waals surface area (Å²) in [7, 11) is 4.35. The summed E-state index contributed by atoms with van der Waals surface area (Å²) in [5.74, 6) is -0.704. The molecule has 2 aromatic rings. The van der Waals surface area contributed by atoms with E-state index in [9.17, 15) is 14.7 Å². The minimum atomic E-state index is -0.739. The van der Waals surface area contributed by atoms with Gasteiger partial charge in [0.25, 0.3) is 0 Å². The van der Waals surface area contributed by atoms with Crippen LogP contribution in [0.3, 0.4) is 0 Å². The summed E-state index contributed by atoms with van der Waals surface area (Å²) in [6.07, 6.45) is 3.48. The largest absolute Gasteiger partial charge is 0.508 e. The van der Waals surface area contributed by atoms with E-state index >= 15 is 0 Å². The van der Waals surface area contributed by atoms with Crippen LogP contribution < -0.4 is 14.8 Å². The molecule has 35 heavy (non-hydrogen) atoms. The van der Waals surface area contributed by atoms with Crippen LogP contribution in [0, 0.1) is 0 Å². The molecule has 1 aliphatic rings. The van der Waals surface area contributed by atoms with Crippen molar-refractivity contribution in [1.82, 2.24) is 5.32 Å². The maximum Gasteiger partial charge on any atom is 0.337 e. The number of nitrogens with one attached hydrogen (secondary N) is 1. The first-order valence-electron chi connectivity index (χ1n) is 10.9. The summed E-state index contributed by atoms with van der Waals surface area (Å²) in [5, 5.41) is 12.5. The molecule has 2 aromatic carbocycles. The first-order chi connectivity index (χ1) is 16.8. The second-order valence-corrected chi connectivity index (χ2v) is 7.83. The smallest absolute Gasteiger partial charge is 0.337 e. The number of hydrogen-bond donors (Lipinski definition) is 2. The number of carbonyl (C=O) groups is 2. The van der Waals surface area contributed by atoms with E-state index in [0.29, 0.717) is 39.6 Å². The molecule has 0 radical (unpaired) electrons. The zero-order valence-corrected chi connectivity index (χ0v) is 20.4. The summed E-state index contributed by atoms with van der Waals surface area (Å²) in [6, 6.07) is 11.9. The van der Waals surface area contributed by atoms with Crippen molar-refractivity contribution in [3.63, 3.8) is 0 Å². The number of ether oxygens (including phenoxy) is 4. The van der Waals surface area contributed by atoms with Crippen molar-refractivity contribution >= 4 is 18.0 Å². The Bertz CT molecular complexity index is 1190. The lowest BCUT2D eigenvalue weighted by atomic mass is 9.80. The predicted octanol–water partition coefficient (Wildman–Crippen LogP) is 4.07. The van der Waals surface area contributed by atoms with Crippen molar-refractivity contribution in [3.8, 4) is 17.2 Å². The number of phenols is 1. The average Bonchev–Trinajstić information content (AvgIpc) is 2.86. The highest BCUT2D eigenvalue weighted by atomic mass is 16.5. The number of carbonyl (C=O) groups excluding carboxylic acids is 2. The maximum atomic E-state index is 13.3. The zero-order chi connectivity index (χ0) is 25.5. The van der Waals surface area contributed by atoms with E-state index in [-0.39, 0.29) is 12.4 Å². The molecule has 2 N–H and O–H groups in total. The van der Waals surface area contributed by atoms with Crippen molar-refractivity contribution in [1.29, 1.82) is 0 Å². The summed E-state index contributed by atoms with van der Waals surface area (Å²) >= 11 is 0. The van der Waals surface area contributed by atoms with E-state index in [2.05, 4.69) is 5.32 Å². The van der Waals surface area contributed by atoms with E-state index in [0.717, 1.165) is 5.56 Å². The van der Waals surface area contributed by atoms with Crippen LogP contribution in [0.15, 0.2) is 71.1 Å². The third-order valence-corrected chi connectivity index (χ3v) is 5.64. The molecule has 3 rings (SSSR count). The minimum Gasteiger partial charge on any atom is -0.508 e.